The molecule has 0 radical (unpaired) electrons. The van der Waals surface area contributed by atoms with E-state index in [2.05, 4.69) is 23.5 Å². The minimum Gasteiger partial charge on any atom is -0.375 e. The van der Waals surface area contributed by atoms with Gasteiger partial charge in [-0.25, -0.2) is 0 Å². The Morgan fingerprint density at radius 3 is 3.00 bits per heavy atom. The molecule has 1 N–H and O–H groups in total. The zero-order valence-electron chi connectivity index (χ0n) is 12.3. The Bertz CT molecular complexity index is 490. The summed E-state index contributed by atoms with van der Waals surface area (Å²) in [5.41, 5.74) is 5.02. The minimum atomic E-state index is 0.230. The van der Waals surface area contributed by atoms with Gasteiger partial charge in [0.15, 0.2) is 0 Å². The van der Waals surface area contributed by atoms with Crippen molar-refractivity contribution in [2.24, 2.45) is 0 Å². The van der Waals surface area contributed by atoms with Crippen molar-refractivity contribution in [2.45, 2.75) is 63.0 Å². The molecule has 4 rings (SSSR count). The van der Waals surface area contributed by atoms with E-state index in [1.807, 2.05) is 0 Å². The quantitative estimate of drug-likeness (QED) is 0.843. The molecule has 1 atom stereocenters. The zero-order valence-corrected chi connectivity index (χ0v) is 12.3. The molecule has 2 aliphatic heterocycles. The molecule has 1 saturated carbocycles. The van der Waals surface area contributed by atoms with Crippen molar-refractivity contribution in [3.63, 3.8) is 0 Å². The third kappa shape index (κ3) is 2.19. The van der Waals surface area contributed by atoms with Crippen LogP contribution in [0.3, 0.4) is 0 Å². The van der Waals surface area contributed by atoms with Crippen molar-refractivity contribution in [1.29, 1.82) is 0 Å². The SMILES string of the molecule is c1cc2c(c(C3CCOC4(CCCC4)C3)c1)CNCC2. The van der Waals surface area contributed by atoms with Gasteiger partial charge < -0.3 is 10.1 Å². The van der Waals surface area contributed by atoms with Crippen LogP contribution in [0.4, 0.5) is 0 Å². The molecule has 0 aromatic heterocycles. The van der Waals surface area contributed by atoms with Gasteiger partial charge in [-0.3, -0.25) is 0 Å². The molecule has 1 saturated heterocycles. The summed E-state index contributed by atoms with van der Waals surface area (Å²) in [6.45, 7) is 3.16. The van der Waals surface area contributed by atoms with Crippen LogP contribution in [0.5, 0.6) is 0 Å². The Morgan fingerprint density at radius 1 is 1.20 bits per heavy atom. The first kappa shape index (κ1) is 12.8. The topological polar surface area (TPSA) is 21.3 Å². The Morgan fingerprint density at radius 2 is 2.10 bits per heavy atom. The van der Waals surface area contributed by atoms with Crippen LogP contribution < -0.4 is 5.32 Å². The molecule has 1 aromatic carbocycles. The lowest BCUT2D eigenvalue weighted by Gasteiger charge is -2.39. The maximum atomic E-state index is 6.21. The van der Waals surface area contributed by atoms with Gasteiger partial charge in [0.05, 0.1) is 5.60 Å². The number of benzene rings is 1. The molecule has 1 spiro atoms. The van der Waals surface area contributed by atoms with Gasteiger partial charge in [0.25, 0.3) is 0 Å². The van der Waals surface area contributed by atoms with Gasteiger partial charge in [0.1, 0.15) is 0 Å². The smallest absolute Gasteiger partial charge is 0.0688 e. The van der Waals surface area contributed by atoms with Crippen LogP contribution in [0.15, 0.2) is 18.2 Å². The van der Waals surface area contributed by atoms with Crippen molar-refractivity contribution in [3.05, 3.63) is 34.9 Å². The molecular weight excluding hydrogens is 246 g/mol. The van der Waals surface area contributed by atoms with Gasteiger partial charge in [-0.2, -0.15) is 0 Å². The van der Waals surface area contributed by atoms with Gasteiger partial charge in [0.2, 0.25) is 0 Å². The molecule has 108 valence electrons. The Balaban J connectivity index is 1.64. The van der Waals surface area contributed by atoms with E-state index in [0.717, 1.165) is 25.6 Å². The van der Waals surface area contributed by atoms with Gasteiger partial charge in [-0.1, -0.05) is 31.0 Å². The van der Waals surface area contributed by atoms with Crippen molar-refractivity contribution in [1.82, 2.24) is 5.32 Å². The summed E-state index contributed by atoms with van der Waals surface area (Å²) in [6, 6.07) is 6.98. The Hall–Kier alpha value is -0.860. The molecule has 0 bridgehead atoms. The monoisotopic (exact) mass is 271 g/mol. The second-order valence-corrected chi connectivity index (χ2v) is 6.84. The summed E-state index contributed by atoms with van der Waals surface area (Å²) in [5, 5.41) is 3.55. The van der Waals surface area contributed by atoms with Crippen molar-refractivity contribution >= 4 is 0 Å². The fraction of sp³-hybridized carbons (Fsp3) is 0.667. The second-order valence-electron chi connectivity index (χ2n) is 6.84. The zero-order chi connectivity index (χ0) is 13.4. The lowest BCUT2D eigenvalue weighted by molar-refractivity contribution is -0.0805. The van der Waals surface area contributed by atoms with Gasteiger partial charge in [0, 0.05) is 13.2 Å². The number of nitrogens with one attached hydrogen (secondary N) is 1. The fourth-order valence-corrected chi connectivity index (χ4v) is 4.58. The average molecular weight is 271 g/mol. The summed E-state index contributed by atoms with van der Waals surface area (Å²) in [4.78, 5) is 0. The number of hydrogen-bond acceptors (Lipinski definition) is 2. The van der Waals surface area contributed by atoms with E-state index in [0.29, 0.717) is 0 Å². The molecule has 2 heterocycles. The first-order valence-corrected chi connectivity index (χ1v) is 8.32. The Kier molecular flexibility index (Phi) is 3.31. The summed E-state index contributed by atoms with van der Waals surface area (Å²) >= 11 is 0. The maximum absolute atomic E-state index is 6.21. The van der Waals surface area contributed by atoms with E-state index in [1.54, 1.807) is 16.7 Å². The molecule has 1 unspecified atom stereocenters. The summed E-state index contributed by atoms with van der Waals surface area (Å²) < 4.78 is 6.21. The number of rotatable bonds is 1. The first-order chi connectivity index (χ1) is 9.86. The normalized spacial score (nSPS) is 28.5. The highest BCUT2D eigenvalue weighted by atomic mass is 16.5. The molecule has 2 heteroatoms. The molecule has 2 nitrogen and oxygen atoms in total. The van der Waals surface area contributed by atoms with Crippen LogP contribution >= 0.6 is 0 Å². The largest absolute Gasteiger partial charge is 0.375 e. The molecule has 1 aromatic rings. The lowest BCUT2D eigenvalue weighted by Crippen LogP contribution is -2.37. The maximum Gasteiger partial charge on any atom is 0.0688 e. The van der Waals surface area contributed by atoms with Crippen LogP contribution in [0, 0.1) is 0 Å². The average Bonchev–Trinajstić information content (AvgIpc) is 2.94. The van der Waals surface area contributed by atoms with E-state index in [-0.39, 0.29) is 5.60 Å². The Labute approximate surface area is 121 Å². The molecule has 3 aliphatic rings. The summed E-state index contributed by atoms with van der Waals surface area (Å²) in [7, 11) is 0. The van der Waals surface area contributed by atoms with Crippen molar-refractivity contribution < 1.29 is 4.74 Å². The molecule has 2 fully saturated rings. The first-order valence-electron chi connectivity index (χ1n) is 8.32. The number of fused-ring (bicyclic) bond motifs is 1. The van der Waals surface area contributed by atoms with Crippen LogP contribution in [0.25, 0.3) is 0 Å². The van der Waals surface area contributed by atoms with E-state index in [9.17, 15) is 0 Å². The third-order valence-corrected chi connectivity index (χ3v) is 5.63. The standard InChI is InChI=1S/C18H25NO/c1-2-9-18(8-1)12-15(7-11-20-18)16-5-3-4-14-6-10-19-13-17(14)16/h3-5,15,19H,1-2,6-13H2. The minimum absolute atomic E-state index is 0.230. The van der Waals surface area contributed by atoms with E-state index >= 15 is 0 Å². The number of ether oxygens (including phenoxy) is 1. The number of hydrogen-bond donors (Lipinski definition) is 1. The van der Waals surface area contributed by atoms with Crippen LogP contribution in [0.1, 0.15) is 61.1 Å². The van der Waals surface area contributed by atoms with Crippen molar-refractivity contribution in [3.8, 4) is 0 Å². The van der Waals surface area contributed by atoms with Gasteiger partial charge in [-0.05, 0) is 61.3 Å². The van der Waals surface area contributed by atoms with Gasteiger partial charge in [-0.15, -0.1) is 0 Å². The second kappa shape index (κ2) is 5.16. The third-order valence-electron chi connectivity index (χ3n) is 5.63. The van der Waals surface area contributed by atoms with E-state index < -0.39 is 0 Å². The highest BCUT2D eigenvalue weighted by Crippen LogP contribution is 2.46. The fourth-order valence-electron chi connectivity index (χ4n) is 4.58. The van der Waals surface area contributed by atoms with Gasteiger partial charge >= 0.3 is 0 Å². The highest BCUT2D eigenvalue weighted by Gasteiger charge is 2.40. The van der Waals surface area contributed by atoms with E-state index in [4.69, 9.17) is 4.74 Å². The van der Waals surface area contributed by atoms with Crippen LogP contribution in [-0.4, -0.2) is 18.8 Å². The highest BCUT2D eigenvalue weighted by molar-refractivity contribution is 5.39. The van der Waals surface area contributed by atoms with Crippen molar-refractivity contribution in [2.75, 3.05) is 13.2 Å². The predicted molar refractivity (Wildman–Crippen MR) is 81.0 cm³/mol. The molecule has 0 amide bonds. The van der Waals surface area contributed by atoms with E-state index in [1.165, 1.54) is 44.9 Å². The van der Waals surface area contributed by atoms with Crippen LogP contribution in [0.2, 0.25) is 0 Å². The predicted octanol–water partition coefficient (Wildman–Crippen LogP) is 3.54. The molecule has 20 heavy (non-hydrogen) atoms. The molecular formula is C18H25NO. The van der Waals surface area contributed by atoms with Crippen LogP contribution in [-0.2, 0) is 17.7 Å². The summed E-state index contributed by atoms with van der Waals surface area (Å²) in [5.74, 6) is 0.719. The lowest BCUT2D eigenvalue weighted by atomic mass is 9.78. The summed E-state index contributed by atoms with van der Waals surface area (Å²) in [6.07, 6.45) is 8.95. The molecule has 1 aliphatic carbocycles.